The minimum absolute atomic E-state index is 0.158. The van der Waals surface area contributed by atoms with E-state index < -0.39 is 0 Å². The zero-order chi connectivity index (χ0) is 12.0. The van der Waals surface area contributed by atoms with Gasteiger partial charge in [-0.3, -0.25) is 4.79 Å². The predicted octanol–water partition coefficient (Wildman–Crippen LogP) is 1.75. The lowest BCUT2D eigenvalue weighted by Gasteiger charge is -2.03. The van der Waals surface area contributed by atoms with Gasteiger partial charge in [0, 0.05) is 19.1 Å². The maximum atomic E-state index is 10.6. The molecule has 1 rings (SSSR count). The van der Waals surface area contributed by atoms with Gasteiger partial charge in [-0.25, -0.2) is 5.43 Å². The van der Waals surface area contributed by atoms with Crippen molar-refractivity contribution in [3.63, 3.8) is 0 Å². The molecule has 1 N–H and O–H groups in total. The van der Waals surface area contributed by atoms with Gasteiger partial charge in [0.25, 0.3) is 0 Å². The number of hydrogen-bond acceptors (Lipinski definition) is 3. The maximum Gasteiger partial charge on any atom is 0.236 e. The second kappa shape index (κ2) is 5.90. The lowest BCUT2D eigenvalue weighted by molar-refractivity contribution is -0.118. The van der Waals surface area contributed by atoms with Gasteiger partial charge in [0.15, 0.2) is 0 Å². The van der Waals surface area contributed by atoms with E-state index in [0.29, 0.717) is 6.42 Å². The van der Waals surface area contributed by atoms with Gasteiger partial charge in [-0.2, -0.15) is 5.10 Å². The molecule has 0 fully saturated rings. The SMILES string of the molecule is COc1ccc(CC(C)=NNC(C)=O)cc1. The zero-order valence-corrected chi connectivity index (χ0v) is 9.78. The fraction of sp³-hybridized carbons (Fsp3) is 0.333. The van der Waals surface area contributed by atoms with Crippen molar-refractivity contribution in [3.05, 3.63) is 29.8 Å². The summed E-state index contributed by atoms with van der Waals surface area (Å²) in [4.78, 5) is 10.6. The van der Waals surface area contributed by atoms with Crippen molar-refractivity contribution in [3.8, 4) is 5.75 Å². The van der Waals surface area contributed by atoms with Crippen LogP contribution in [0.4, 0.5) is 0 Å². The number of amides is 1. The molecule has 0 spiro atoms. The van der Waals surface area contributed by atoms with Crippen LogP contribution in [0.3, 0.4) is 0 Å². The summed E-state index contributed by atoms with van der Waals surface area (Å²) in [5.74, 6) is 0.675. The molecule has 0 aliphatic rings. The zero-order valence-electron chi connectivity index (χ0n) is 9.78. The maximum absolute atomic E-state index is 10.6. The van der Waals surface area contributed by atoms with Gasteiger partial charge in [0.2, 0.25) is 5.91 Å². The summed E-state index contributed by atoms with van der Waals surface area (Å²) in [5, 5.41) is 3.95. The first-order chi connectivity index (χ1) is 7.61. The minimum atomic E-state index is -0.158. The third kappa shape index (κ3) is 4.13. The van der Waals surface area contributed by atoms with Gasteiger partial charge in [0.1, 0.15) is 5.75 Å². The van der Waals surface area contributed by atoms with Crippen LogP contribution >= 0.6 is 0 Å². The number of benzene rings is 1. The van der Waals surface area contributed by atoms with Crippen molar-refractivity contribution in [2.75, 3.05) is 7.11 Å². The Bertz CT molecular complexity index is 383. The number of nitrogens with zero attached hydrogens (tertiary/aromatic N) is 1. The molecule has 0 bridgehead atoms. The molecule has 1 amide bonds. The number of hydrazone groups is 1. The van der Waals surface area contributed by atoms with Crippen LogP contribution < -0.4 is 10.2 Å². The van der Waals surface area contributed by atoms with Crippen LogP contribution in [-0.2, 0) is 11.2 Å². The average molecular weight is 220 g/mol. The number of rotatable bonds is 4. The molecule has 4 nitrogen and oxygen atoms in total. The first kappa shape index (κ1) is 12.2. The predicted molar refractivity (Wildman–Crippen MR) is 63.6 cm³/mol. The van der Waals surface area contributed by atoms with Crippen molar-refractivity contribution in [1.82, 2.24) is 5.43 Å². The molecular weight excluding hydrogens is 204 g/mol. The number of nitrogens with one attached hydrogen (secondary N) is 1. The number of carbonyl (C=O) groups is 1. The van der Waals surface area contributed by atoms with Crippen LogP contribution in [0.2, 0.25) is 0 Å². The van der Waals surface area contributed by atoms with Crippen LogP contribution in [0.5, 0.6) is 5.75 Å². The van der Waals surface area contributed by atoms with Crippen LogP contribution in [0.15, 0.2) is 29.4 Å². The van der Waals surface area contributed by atoms with Crippen LogP contribution in [-0.4, -0.2) is 18.7 Å². The van der Waals surface area contributed by atoms with Crippen molar-refractivity contribution in [2.45, 2.75) is 20.3 Å². The molecule has 0 unspecified atom stereocenters. The highest BCUT2D eigenvalue weighted by atomic mass is 16.5. The highest BCUT2D eigenvalue weighted by Crippen LogP contribution is 2.11. The molecule has 0 aliphatic carbocycles. The Balaban J connectivity index is 2.58. The van der Waals surface area contributed by atoms with E-state index in [-0.39, 0.29) is 5.91 Å². The Morgan fingerprint density at radius 3 is 2.44 bits per heavy atom. The minimum Gasteiger partial charge on any atom is -0.497 e. The second-order valence-corrected chi connectivity index (χ2v) is 3.54. The second-order valence-electron chi connectivity index (χ2n) is 3.54. The number of hydrogen-bond donors (Lipinski definition) is 1. The molecule has 0 saturated heterocycles. The molecule has 0 aliphatic heterocycles. The Labute approximate surface area is 95.3 Å². The molecule has 1 aromatic rings. The summed E-state index contributed by atoms with van der Waals surface area (Å²) in [7, 11) is 1.64. The van der Waals surface area contributed by atoms with E-state index in [1.807, 2.05) is 31.2 Å². The molecule has 1 aromatic carbocycles. The monoisotopic (exact) mass is 220 g/mol. The smallest absolute Gasteiger partial charge is 0.236 e. The fourth-order valence-corrected chi connectivity index (χ4v) is 1.25. The van der Waals surface area contributed by atoms with Crippen molar-refractivity contribution in [1.29, 1.82) is 0 Å². The van der Waals surface area contributed by atoms with Crippen LogP contribution in [0, 0.1) is 0 Å². The third-order valence-electron chi connectivity index (χ3n) is 2.02. The lowest BCUT2D eigenvalue weighted by Crippen LogP contribution is -2.15. The van der Waals surface area contributed by atoms with E-state index in [0.717, 1.165) is 17.0 Å². The summed E-state index contributed by atoms with van der Waals surface area (Å²) < 4.78 is 5.07. The van der Waals surface area contributed by atoms with E-state index in [9.17, 15) is 4.79 Å². The lowest BCUT2D eigenvalue weighted by atomic mass is 10.1. The van der Waals surface area contributed by atoms with Gasteiger partial charge in [-0.05, 0) is 24.6 Å². The van der Waals surface area contributed by atoms with Crippen molar-refractivity contribution >= 4 is 11.6 Å². The first-order valence-electron chi connectivity index (χ1n) is 5.04. The molecule has 0 radical (unpaired) electrons. The summed E-state index contributed by atoms with van der Waals surface area (Å²) in [6, 6.07) is 7.76. The summed E-state index contributed by atoms with van der Waals surface area (Å²) in [6.07, 6.45) is 0.713. The van der Waals surface area contributed by atoms with Gasteiger partial charge >= 0.3 is 0 Å². The molecule has 86 valence electrons. The van der Waals surface area contributed by atoms with Crippen molar-refractivity contribution in [2.24, 2.45) is 5.10 Å². The molecule has 0 heterocycles. The summed E-state index contributed by atoms with van der Waals surface area (Å²) in [6.45, 7) is 3.31. The Morgan fingerprint density at radius 2 is 1.94 bits per heavy atom. The van der Waals surface area contributed by atoms with E-state index in [1.165, 1.54) is 6.92 Å². The van der Waals surface area contributed by atoms with E-state index in [1.54, 1.807) is 7.11 Å². The Hall–Kier alpha value is -1.84. The normalized spacial score (nSPS) is 11.1. The third-order valence-corrected chi connectivity index (χ3v) is 2.02. The Morgan fingerprint density at radius 1 is 1.31 bits per heavy atom. The average Bonchev–Trinajstić information content (AvgIpc) is 2.27. The molecule has 0 aromatic heterocycles. The van der Waals surface area contributed by atoms with E-state index >= 15 is 0 Å². The molecule has 0 saturated carbocycles. The molecule has 4 heteroatoms. The van der Waals surface area contributed by atoms with Gasteiger partial charge in [-0.1, -0.05) is 12.1 Å². The largest absolute Gasteiger partial charge is 0.497 e. The van der Waals surface area contributed by atoms with Crippen LogP contribution in [0.1, 0.15) is 19.4 Å². The fourth-order valence-electron chi connectivity index (χ4n) is 1.25. The van der Waals surface area contributed by atoms with E-state index in [4.69, 9.17) is 4.74 Å². The molecular formula is C12H16N2O2. The molecule has 0 atom stereocenters. The van der Waals surface area contributed by atoms with E-state index in [2.05, 4.69) is 10.5 Å². The highest BCUT2D eigenvalue weighted by Gasteiger charge is 1.97. The first-order valence-corrected chi connectivity index (χ1v) is 5.04. The summed E-state index contributed by atoms with van der Waals surface area (Å²) in [5.41, 5.74) is 4.41. The Kier molecular flexibility index (Phi) is 4.51. The standard InChI is InChI=1S/C12H16N2O2/c1-9(13-14-10(2)15)8-11-4-6-12(16-3)7-5-11/h4-7H,8H2,1-3H3,(H,14,15). The van der Waals surface area contributed by atoms with Crippen molar-refractivity contribution < 1.29 is 9.53 Å². The molecule has 16 heavy (non-hydrogen) atoms. The van der Waals surface area contributed by atoms with Crippen LogP contribution in [0.25, 0.3) is 0 Å². The summed E-state index contributed by atoms with van der Waals surface area (Å²) >= 11 is 0. The van der Waals surface area contributed by atoms with Gasteiger partial charge < -0.3 is 4.74 Å². The number of ether oxygens (including phenoxy) is 1. The number of methoxy groups -OCH3 is 1. The van der Waals surface area contributed by atoms with Gasteiger partial charge in [-0.15, -0.1) is 0 Å². The quantitative estimate of drug-likeness (QED) is 0.620. The number of carbonyl (C=O) groups excluding carboxylic acids is 1. The topological polar surface area (TPSA) is 50.7 Å². The highest BCUT2D eigenvalue weighted by molar-refractivity contribution is 5.85. The van der Waals surface area contributed by atoms with Gasteiger partial charge in [0.05, 0.1) is 7.11 Å².